The maximum atomic E-state index is 5.90. The number of hydrogen-bond donors (Lipinski definition) is 0. The van der Waals surface area contributed by atoms with Gasteiger partial charge in [0, 0.05) is 12.7 Å². The van der Waals surface area contributed by atoms with E-state index >= 15 is 0 Å². The summed E-state index contributed by atoms with van der Waals surface area (Å²) in [7, 11) is 3.31. The molecule has 22 heavy (non-hydrogen) atoms. The first-order valence-electron chi connectivity index (χ1n) is 7.32. The van der Waals surface area contributed by atoms with Crippen molar-refractivity contribution in [2.45, 2.75) is 6.92 Å². The highest BCUT2D eigenvalue weighted by Gasteiger charge is 2.13. The van der Waals surface area contributed by atoms with E-state index in [1.807, 2.05) is 49.4 Å². The minimum atomic E-state index is 0.470. The molecule has 0 bridgehead atoms. The Balaban J connectivity index is 2.41. The number of rotatable bonds is 8. The third-order valence-electron chi connectivity index (χ3n) is 3.19. The van der Waals surface area contributed by atoms with Gasteiger partial charge < -0.3 is 18.9 Å². The van der Waals surface area contributed by atoms with Crippen molar-refractivity contribution in [2.24, 2.45) is 0 Å². The Labute approximate surface area is 131 Å². The van der Waals surface area contributed by atoms with E-state index in [0.29, 0.717) is 19.8 Å². The van der Waals surface area contributed by atoms with Gasteiger partial charge in [-0.1, -0.05) is 24.3 Å². The molecular weight excluding hydrogens is 280 g/mol. The Hall–Kier alpha value is -2.20. The van der Waals surface area contributed by atoms with Gasteiger partial charge in [0.25, 0.3) is 0 Å². The average molecular weight is 302 g/mol. The predicted molar refractivity (Wildman–Crippen MR) is 87.0 cm³/mol. The molecule has 0 amide bonds. The van der Waals surface area contributed by atoms with Crippen LogP contribution >= 0.6 is 0 Å². The molecule has 0 heterocycles. The second-order valence-electron chi connectivity index (χ2n) is 4.64. The molecule has 2 aromatic rings. The SMILES string of the molecule is CCOc1cccc(-c2cccc(OC)c2)c1OCCOC. The lowest BCUT2D eigenvalue weighted by Crippen LogP contribution is -2.07. The molecule has 118 valence electrons. The van der Waals surface area contributed by atoms with Crippen molar-refractivity contribution in [1.29, 1.82) is 0 Å². The van der Waals surface area contributed by atoms with Crippen LogP contribution in [0.4, 0.5) is 0 Å². The van der Waals surface area contributed by atoms with E-state index in [2.05, 4.69) is 0 Å². The van der Waals surface area contributed by atoms with Crippen LogP contribution in [0.15, 0.2) is 42.5 Å². The Kier molecular flexibility index (Phi) is 6.10. The molecular formula is C18H22O4. The molecule has 0 aliphatic carbocycles. The van der Waals surface area contributed by atoms with Gasteiger partial charge in [-0.15, -0.1) is 0 Å². The molecule has 0 saturated carbocycles. The highest BCUT2D eigenvalue weighted by atomic mass is 16.5. The molecule has 0 spiro atoms. The van der Waals surface area contributed by atoms with Gasteiger partial charge in [-0.25, -0.2) is 0 Å². The van der Waals surface area contributed by atoms with Gasteiger partial charge in [-0.05, 0) is 30.7 Å². The third kappa shape index (κ3) is 3.92. The summed E-state index contributed by atoms with van der Waals surface area (Å²) in [6.45, 7) is 3.54. The van der Waals surface area contributed by atoms with Gasteiger partial charge in [0.1, 0.15) is 12.4 Å². The van der Waals surface area contributed by atoms with Crippen LogP contribution in [-0.4, -0.2) is 34.0 Å². The molecule has 0 atom stereocenters. The van der Waals surface area contributed by atoms with Crippen molar-refractivity contribution in [3.8, 4) is 28.4 Å². The van der Waals surface area contributed by atoms with Crippen LogP contribution in [0.2, 0.25) is 0 Å². The molecule has 0 saturated heterocycles. The van der Waals surface area contributed by atoms with E-state index < -0.39 is 0 Å². The number of ether oxygens (including phenoxy) is 4. The molecule has 0 radical (unpaired) electrons. The van der Waals surface area contributed by atoms with E-state index in [1.54, 1.807) is 14.2 Å². The molecule has 4 heteroatoms. The molecule has 0 fully saturated rings. The topological polar surface area (TPSA) is 36.9 Å². The number of hydrogen-bond acceptors (Lipinski definition) is 4. The van der Waals surface area contributed by atoms with Gasteiger partial charge in [-0.2, -0.15) is 0 Å². The van der Waals surface area contributed by atoms with Crippen LogP contribution in [0.1, 0.15) is 6.92 Å². The maximum absolute atomic E-state index is 5.90. The fraction of sp³-hybridized carbons (Fsp3) is 0.333. The van der Waals surface area contributed by atoms with Crippen molar-refractivity contribution in [1.82, 2.24) is 0 Å². The van der Waals surface area contributed by atoms with Crippen LogP contribution in [0, 0.1) is 0 Å². The molecule has 4 nitrogen and oxygen atoms in total. The monoisotopic (exact) mass is 302 g/mol. The Morgan fingerprint density at radius 1 is 0.909 bits per heavy atom. The lowest BCUT2D eigenvalue weighted by molar-refractivity contribution is 0.144. The Morgan fingerprint density at radius 2 is 1.73 bits per heavy atom. The van der Waals surface area contributed by atoms with Crippen LogP contribution in [0.3, 0.4) is 0 Å². The Morgan fingerprint density at radius 3 is 2.45 bits per heavy atom. The standard InChI is InChI=1S/C18H22O4/c1-4-21-17-10-6-9-16(18(17)22-12-11-19-2)14-7-5-8-15(13-14)20-3/h5-10,13H,4,11-12H2,1-3H3. The van der Waals surface area contributed by atoms with E-state index in [-0.39, 0.29) is 0 Å². The van der Waals surface area contributed by atoms with Gasteiger partial charge in [0.15, 0.2) is 11.5 Å². The van der Waals surface area contributed by atoms with Crippen molar-refractivity contribution < 1.29 is 18.9 Å². The third-order valence-corrected chi connectivity index (χ3v) is 3.19. The van der Waals surface area contributed by atoms with E-state index in [0.717, 1.165) is 28.4 Å². The minimum Gasteiger partial charge on any atom is -0.497 e. The number of para-hydroxylation sites is 1. The summed E-state index contributed by atoms with van der Waals surface area (Å²) in [6, 6.07) is 13.8. The van der Waals surface area contributed by atoms with Gasteiger partial charge in [-0.3, -0.25) is 0 Å². The van der Waals surface area contributed by atoms with Crippen molar-refractivity contribution >= 4 is 0 Å². The zero-order valence-corrected chi connectivity index (χ0v) is 13.3. The largest absolute Gasteiger partial charge is 0.497 e. The summed E-state index contributed by atoms with van der Waals surface area (Å²) in [5.41, 5.74) is 1.99. The van der Waals surface area contributed by atoms with Crippen LogP contribution < -0.4 is 14.2 Å². The van der Waals surface area contributed by atoms with Crippen molar-refractivity contribution in [3.63, 3.8) is 0 Å². The molecule has 2 aromatic carbocycles. The zero-order valence-electron chi connectivity index (χ0n) is 13.3. The molecule has 2 rings (SSSR count). The normalized spacial score (nSPS) is 10.3. The average Bonchev–Trinajstić information content (AvgIpc) is 2.56. The predicted octanol–water partition coefficient (Wildman–Crippen LogP) is 3.79. The van der Waals surface area contributed by atoms with Crippen LogP contribution in [0.25, 0.3) is 11.1 Å². The summed E-state index contributed by atoms with van der Waals surface area (Å²) in [6.07, 6.45) is 0. The smallest absolute Gasteiger partial charge is 0.169 e. The van der Waals surface area contributed by atoms with Crippen molar-refractivity contribution in [2.75, 3.05) is 34.0 Å². The second kappa shape index (κ2) is 8.29. The minimum absolute atomic E-state index is 0.470. The first-order valence-corrected chi connectivity index (χ1v) is 7.32. The fourth-order valence-corrected chi connectivity index (χ4v) is 2.18. The van der Waals surface area contributed by atoms with Gasteiger partial charge in [0.05, 0.1) is 20.3 Å². The van der Waals surface area contributed by atoms with E-state index in [4.69, 9.17) is 18.9 Å². The second-order valence-corrected chi connectivity index (χ2v) is 4.64. The summed E-state index contributed by atoms with van der Waals surface area (Å²) >= 11 is 0. The lowest BCUT2D eigenvalue weighted by Gasteiger charge is -2.16. The molecule has 0 N–H and O–H groups in total. The first kappa shape index (κ1) is 16.2. The quantitative estimate of drug-likeness (QED) is 0.695. The first-order chi connectivity index (χ1) is 10.8. The van der Waals surface area contributed by atoms with Crippen molar-refractivity contribution in [3.05, 3.63) is 42.5 Å². The number of benzene rings is 2. The lowest BCUT2D eigenvalue weighted by atomic mass is 10.0. The summed E-state index contributed by atoms with van der Waals surface area (Å²) in [4.78, 5) is 0. The van der Waals surface area contributed by atoms with E-state index in [9.17, 15) is 0 Å². The van der Waals surface area contributed by atoms with Gasteiger partial charge >= 0.3 is 0 Å². The van der Waals surface area contributed by atoms with Crippen LogP contribution in [0.5, 0.6) is 17.2 Å². The summed E-state index contributed by atoms with van der Waals surface area (Å²) in [5.74, 6) is 2.27. The van der Waals surface area contributed by atoms with E-state index in [1.165, 1.54) is 0 Å². The Bertz CT molecular complexity index is 595. The highest BCUT2D eigenvalue weighted by Crippen LogP contribution is 2.39. The molecule has 0 unspecified atom stereocenters. The summed E-state index contributed by atoms with van der Waals surface area (Å²) in [5, 5.41) is 0. The molecule has 0 aromatic heterocycles. The number of methoxy groups -OCH3 is 2. The van der Waals surface area contributed by atoms with Crippen LogP contribution in [-0.2, 0) is 4.74 Å². The molecule has 0 aliphatic rings. The maximum Gasteiger partial charge on any atom is 0.169 e. The highest BCUT2D eigenvalue weighted by molar-refractivity contribution is 5.74. The molecule has 0 aliphatic heterocycles. The summed E-state index contributed by atoms with van der Waals surface area (Å²) < 4.78 is 21.9. The fourth-order valence-electron chi connectivity index (χ4n) is 2.18. The van der Waals surface area contributed by atoms with Gasteiger partial charge in [0.2, 0.25) is 0 Å². The zero-order chi connectivity index (χ0) is 15.8.